The lowest BCUT2D eigenvalue weighted by Crippen LogP contribution is -2.34. The first-order chi connectivity index (χ1) is 4.63. The van der Waals surface area contributed by atoms with Gasteiger partial charge in [0.2, 0.25) is 0 Å². The Labute approximate surface area is 58.9 Å². The Bertz CT molecular complexity index is 155. The van der Waals surface area contributed by atoms with Gasteiger partial charge in [-0.2, -0.15) is 0 Å². The Morgan fingerprint density at radius 3 is 2.40 bits per heavy atom. The van der Waals surface area contributed by atoms with Gasteiger partial charge in [0, 0.05) is 12.7 Å². The summed E-state index contributed by atoms with van der Waals surface area (Å²) in [5.41, 5.74) is 4.89. The van der Waals surface area contributed by atoms with E-state index in [1.807, 2.05) is 0 Å². The number of nitrogens with zero attached hydrogens (tertiary/aromatic N) is 1. The van der Waals surface area contributed by atoms with Crippen LogP contribution in [-0.2, 0) is 4.79 Å². The molecule has 0 aromatic rings. The van der Waals surface area contributed by atoms with Crippen LogP contribution in [0.1, 0.15) is 6.92 Å². The number of hydrogen-bond acceptors (Lipinski definition) is 4. The Balaban J connectivity index is 4.23. The maximum atomic E-state index is 10.3. The van der Waals surface area contributed by atoms with E-state index in [-0.39, 0.29) is 5.70 Å². The predicted octanol–water partition coefficient (Wildman–Crippen LogP) is -0.933. The number of hydrazine groups is 1. The lowest BCUT2D eigenvalue weighted by Gasteiger charge is -2.14. The van der Waals surface area contributed by atoms with E-state index in [4.69, 9.17) is 16.7 Å². The molecule has 5 heteroatoms. The topological polar surface area (TPSA) is 92.6 Å². The maximum Gasteiger partial charge on any atom is 0.355 e. The highest BCUT2D eigenvalue weighted by atomic mass is 16.4. The zero-order valence-corrected chi connectivity index (χ0v) is 5.74. The minimum atomic E-state index is -1.12. The van der Waals surface area contributed by atoms with Crippen LogP contribution in [0.5, 0.6) is 0 Å². The summed E-state index contributed by atoms with van der Waals surface area (Å²) in [5.74, 6) is 4.11. The molecule has 0 bridgehead atoms. The number of carbonyl (C=O) groups is 1. The molecular formula is C5H11N3O2. The second-order valence-corrected chi connectivity index (χ2v) is 1.64. The van der Waals surface area contributed by atoms with Gasteiger partial charge in [-0.3, -0.25) is 0 Å². The third-order valence-corrected chi connectivity index (χ3v) is 1.03. The zero-order valence-electron chi connectivity index (χ0n) is 5.74. The van der Waals surface area contributed by atoms with Crippen molar-refractivity contribution in [3.05, 3.63) is 11.9 Å². The van der Waals surface area contributed by atoms with E-state index in [2.05, 4.69) is 0 Å². The predicted molar refractivity (Wildman–Crippen MR) is 36.5 cm³/mol. The molecular weight excluding hydrogens is 134 g/mol. The number of nitrogens with two attached hydrogens (primary N) is 2. The van der Waals surface area contributed by atoms with Crippen molar-refractivity contribution in [1.82, 2.24) is 5.01 Å². The molecule has 0 aliphatic heterocycles. The number of carboxylic acids is 1. The van der Waals surface area contributed by atoms with Crippen molar-refractivity contribution >= 4 is 5.97 Å². The largest absolute Gasteiger partial charge is 0.476 e. The normalized spacial score (nSPS) is 11.2. The second-order valence-electron chi connectivity index (χ2n) is 1.64. The van der Waals surface area contributed by atoms with E-state index < -0.39 is 5.97 Å². The fraction of sp³-hybridized carbons (Fsp3) is 0.400. The van der Waals surface area contributed by atoms with Gasteiger partial charge in [-0.15, -0.1) is 0 Å². The van der Waals surface area contributed by atoms with Crippen molar-refractivity contribution < 1.29 is 9.90 Å². The molecule has 0 atom stereocenters. The minimum Gasteiger partial charge on any atom is -0.476 e. The van der Waals surface area contributed by atoms with Crippen molar-refractivity contribution in [3.8, 4) is 0 Å². The zero-order chi connectivity index (χ0) is 8.15. The smallest absolute Gasteiger partial charge is 0.355 e. The van der Waals surface area contributed by atoms with E-state index in [0.29, 0.717) is 6.54 Å². The molecule has 10 heavy (non-hydrogen) atoms. The Morgan fingerprint density at radius 2 is 2.30 bits per heavy atom. The van der Waals surface area contributed by atoms with Crippen LogP contribution in [0.2, 0.25) is 0 Å². The van der Waals surface area contributed by atoms with Crippen molar-refractivity contribution in [2.45, 2.75) is 6.92 Å². The van der Waals surface area contributed by atoms with Gasteiger partial charge in [-0.1, -0.05) is 0 Å². The summed E-state index contributed by atoms with van der Waals surface area (Å²) in [5, 5.41) is 9.46. The van der Waals surface area contributed by atoms with Gasteiger partial charge in [-0.05, 0) is 6.92 Å². The number of likely N-dealkylation sites (N-methyl/N-ethyl adjacent to an activating group) is 1. The molecule has 0 saturated heterocycles. The summed E-state index contributed by atoms with van der Waals surface area (Å²) in [4.78, 5) is 10.3. The van der Waals surface area contributed by atoms with Crippen LogP contribution in [0, 0.1) is 0 Å². The first kappa shape index (κ1) is 8.77. The minimum absolute atomic E-state index is 0.0949. The number of carboxylic acid groups (broad SMARTS) is 1. The average Bonchev–Trinajstić information content (AvgIpc) is 1.88. The average molecular weight is 145 g/mol. The summed E-state index contributed by atoms with van der Waals surface area (Å²) in [7, 11) is 0. The summed E-state index contributed by atoms with van der Waals surface area (Å²) in [6.45, 7) is 2.14. The summed E-state index contributed by atoms with van der Waals surface area (Å²) in [6, 6.07) is 0. The van der Waals surface area contributed by atoms with Gasteiger partial charge in [0.15, 0.2) is 5.70 Å². The SMILES string of the molecule is CCN(N)/C(=C\N)C(=O)O. The van der Waals surface area contributed by atoms with Crippen LogP contribution in [0.4, 0.5) is 0 Å². The van der Waals surface area contributed by atoms with Gasteiger partial charge in [0.05, 0.1) is 0 Å². The molecule has 0 radical (unpaired) electrons. The second kappa shape index (κ2) is 3.73. The van der Waals surface area contributed by atoms with E-state index in [1.165, 1.54) is 0 Å². The molecule has 5 nitrogen and oxygen atoms in total. The first-order valence-corrected chi connectivity index (χ1v) is 2.80. The molecule has 0 fully saturated rings. The van der Waals surface area contributed by atoms with Crippen molar-refractivity contribution in [2.75, 3.05) is 6.54 Å². The molecule has 5 N–H and O–H groups in total. The molecule has 0 aliphatic carbocycles. The van der Waals surface area contributed by atoms with Crippen LogP contribution in [0.15, 0.2) is 11.9 Å². The molecule has 0 aromatic heterocycles. The quantitative estimate of drug-likeness (QED) is 0.271. The molecule has 0 aromatic carbocycles. The Morgan fingerprint density at radius 1 is 1.80 bits per heavy atom. The van der Waals surface area contributed by atoms with Crippen molar-refractivity contribution in [1.29, 1.82) is 0 Å². The van der Waals surface area contributed by atoms with Gasteiger partial charge in [0.1, 0.15) is 0 Å². The van der Waals surface area contributed by atoms with E-state index in [0.717, 1.165) is 11.2 Å². The number of rotatable bonds is 3. The molecule has 0 unspecified atom stereocenters. The molecule has 58 valence electrons. The van der Waals surface area contributed by atoms with Gasteiger partial charge in [0.25, 0.3) is 0 Å². The van der Waals surface area contributed by atoms with E-state index in [9.17, 15) is 4.79 Å². The summed E-state index contributed by atoms with van der Waals surface area (Å²) < 4.78 is 0. The molecule has 0 amide bonds. The highest BCUT2D eigenvalue weighted by Crippen LogP contribution is 1.94. The lowest BCUT2D eigenvalue weighted by atomic mass is 10.4. The summed E-state index contributed by atoms with van der Waals surface area (Å²) >= 11 is 0. The maximum absolute atomic E-state index is 10.3. The Hall–Kier alpha value is -1.23. The molecule has 0 rings (SSSR count). The van der Waals surface area contributed by atoms with Crippen molar-refractivity contribution in [2.24, 2.45) is 11.6 Å². The monoisotopic (exact) mass is 145 g/mol. The highest BCUT2D eigenvalue weighted by molar-refractivity contribution is 5.85. The summed E-state index contributed by atoms with van der Waals surface area (Å²) in [6.07, 6.45) is 0.964. The first-order valence-electron chi connectivity index (χ1n) is 2.80. The standard InChI is InChI=1S/C5H11N3O2/c1-2-8(7)4(3-6)5(9)10/h3H,2,6-7H2,1H3,(H,9,10)/b4-3-. The van der Waals surface area contributed by atoms with Crippen molar-refractivity contribution in [3.63, 3.8) is 0 Å². The molecule has 0 aliphatic rings. The van der Waals surface area contributed by atoms with Crippen LogP contribution < -0.4 is 11.6 Å². The number of aliphatic carboxylic acids is 1. The Kier molecular flexibility index (Phi) is 3.27. The number of hydrogen-bond donors (Lipinski definition) is 3. The molecule has 0 saturated carbocycles. The van der Waals surface area contributed by atoms with E-state index in [1.54, 1.807) is 6.92 Å². The fourth-order valence-corrected chi connectivity index (χ4v) is 0.460. The van der Waals surface area contributed by atoms with E-state index >= 15 is 0 Å². The van der Waals surface area contributed by atoms with Gasteiger partial charge in [-0.25, -0.2) is 10.6 Å². The van der Waals surface area contributed by atoms with Crippen LogP contribution in [0.25, 0.3) is 0 Å². The van der Waals surface area contributed by atoms with Crippen LogP contribution in [-0.4, -0.2) is 22.6 Å². The third kappa shape index (κ3) is 1.94. The van der Waals surface area contributed by atoms with Crippen LogP contribution in [0.3, 0.4) is 0 Å². The highest BCUT2D eigenvalue weighted by Gasteiger charge is 2.09. The third-order valence-electron chi connectivity index (χ3n) is 1.03. The van der Waals surface area contributed by atoms with Gasteiger partial charge < -0.3 is 15.8 Å². The van der Waals surface area contributed by atoms with Crippen LogP contribution >= 0.6 is 0 Å². The fourth-order valence-electron chi connectivity index (χ4n) is 0.460. The molecule has 0 spiro atoms. The van der Waals surface area contributed by atoms with Gasteiger partial charge >= 0.3 is 5.97 Å². The lowest BCUT2D eigenvalue weighted by molar-refractivity contribution is -0.134. The molecule has 0 heterocycles.